The Bertz CT molecular complexity index is 754. The molecule has 1 atom stereocenters. The maximum absolute atomic E-state index is 12.7. The van der Waals surface area contributed by atoms with E-state index in [1.165, 1.54) is 4.90 Å². The molecule has 0 bridgehead atoms. The highest BCUT2D eigenvalue weighted by atomic mass is 16.5. The topological polar surface area (TPSA) is 55.8 Å². The van der Waals surface area contributed by atoms with Gasteiger partial charge in [-0.05, 0) is 48.4 Å². The molecular weight excluding hydrogens is 306 g/mol. The molecule has 0 aromatic heterocycles. The summed E-state index contributed by atoms with van der Waals surface area (Å²) < 4.78 is 10.3. The summed E-state index contributed by atoms with van der Waals surface area (Å²) in [6.07, 6.45) is 0.747. The van der Waals surface area contributed by atoms with Crippen LogP contribution in [0.25, 0.3) is 0 Å². The number of carbonyl (C=O) groups excluding carboxylic acids is 2. The lowest BCUT2D eigenvalue weighted by Gasteiger charge is -2.15. The van der Waals surface area contributed by atoms with E-state index in [0.29, 0.717) is 17.9 Å². The van der Waals surface area contributed by atoms with Gasteiger partial charge in [0.1, 0.15) is 11.5 Å². The third kappa shape index (κ3) is 3.11. The predicted molar refractivity (Wildman–Crippen MR) is 90.3 cm³/mol. The summed E-state index contributed by atoms with van der Waals surface area (Å²) >= 11 is 0. The van der Waals surface area contributed by atoms with Crippen LogP contribution in [0.2, 0.25) is 0 Å². The third-order valence-corrected chi connectivity index (χ3v) is 4.19. The van der Waals surface area contributed by atoms with E-state index in [0.717, 1.165) is 11.3 Å². The first-order valence-electron chi connectivity index (χ1n) is 7.76. The Morgan fingerprint density at radius 2 is 1.71 bits per heavy atom. The van der Waals surface area contributed by atoms with E-state index in [9.17, 15) is 9.59 Å². The van der Waals surface area contributed by atoms with E-state index in [1.54, 1.807) is 38.5 Å². The molecule has 1 heterocycles. The van der Waals surface area contributed by atoms with Crippen LogP contribution in [0.1, 0.15) is 12.0 Å². The van der Waals surface area contributed by atoms with Gasteiger partial charge in [-0.15, -0.1) is 0 Å². The average Bonchev–Trinajstić information content (AvgIpc) is 2.89. The van der Waals surface area contributed by atoms with Crippen LogP contribution in [0.15, 0.2) is 48.5 Å². The first-order chi connectivity index (χ1) is 11.6. The number of carbonyl (C=O) groups is 2. The molecule has 1 aliphatic rings. The van der Waals surface area contributed by atoms with Crippen LogP contribution in [0.4, 0.5) is 5.69 Å². The van der Waals surface area contributed by atoms with Crippen LogP contribution in [0.3, 0.4) is 0 Å². The summed E-state index contributed by atoms with van der Waals surface area (Å²) in [5.74, 6) is 0.764. The fourth-order valence-electron chi connectivity index (χ4n) is 2.94. The van der Waals surface area contributed by atoms with Crippen molar-refractivity contribution in [1.82, 2.24) is 0 Å². The molecule has 0 N–H and O–H groups in total. The van der Waals surface area contributed by atoms with E-state index >= 15 is 0 Å². The second-order valence-corrected chi connectivity index (χ2v) is 5.72. The number of rotatable bonds is 5. The number of benzene rings is 2. The molecule has 1 aliphatic heterocycles. The van der Waals surface area contributed by atoms with Crippen LogP contribution in [-0.2, 0) is 16.0 Å². The number of anilines is 1. The quantitative estimate of drug-likeness (QED) is 0.793. The maximum Gasteiger partial charge on any atom is 0.237 e. The van der Waals surface area contributed by atoms with Gasteiger partial charge in [0.05, 0.1) is 25.8 Å². The number of hydrogen-bond acceptors (Lipinski definition) is 4. The summed E-state index contributed by atoms with van der Waals surface area (Å²) in [5, 5.41) is 0. The second-order valence-electron chi connectivity index (χ2n) is 5.72. The smallest absolute Gasteiger partial charge is 0.237 e. The van der Waals surface area contributed by atoms with Crippen molar-refractivity contribution in [3.8, 4) is 11.5 Å². The molecule has 2 aromatic carbocycles. The van der Waals surface area contributed by atoms with Gasteiger partial charge in [-0.3, -0.25) is 14.5 Å². The highest BCUT2D eigenvalue weighted by Gasteiger charge is 2.39. The van der Waals surface area contributed by atoms with E-state index in [2.05, 4.69) is 0 Å². The Morgan fingerprint density at radius 3 is 2.38 bits per heavy atom. The number of hydrogen-bond donors (Lipinski definition) is 0. The van der Waals surface area contributed by atoms with Gasteiger partial charge >= 0.3 is 0 Å². The molecule has 1 saturated heterocycles. The first-order valence-corrected chi connectivity index (χ1v) is 7.76. The van der Waals surface area contributed by atoms with E-state index in [4.69, 9.17) is 9.47 Å². The lowest BCUT2D eigenvalue weighted by Crippen LogP contribution is -2.30. The minimum atomic E-state index is -0.341. The van der Waals surface area contributed by atoms with E-state index in [-0.39, 0.29) is 24.2 Å². The molecular formula is C19H19NO4. The number of ether oxygens (including phenoxy) is 2. The minimum Gasteiger partial charge on any atom is -0.497 e. The standard InChI is InChI=1S/C19H19NO4/c1-23-16-8-6-15(7-9-16)20-18(21)12-14(19(20)22)10-13-4-3-5-17(11-13)24-2/h3-9,11,14H,10,12H2,1-2H3/t14-/m0/s1. The van der Waals surface area contributed by atoms with Crippen molar-refractivity contribution < 1.29 is 19.1 Å². The van der Waals surface area contributed by atoms with Crippen molar-refractivity contribution in [1.29, 1.82) is 0 Å². The third-order valence-electron chi connectivity index (χ3n) is 4.19. The van der Waals surface area contributed by atoms with Crippen molar-refractivity contribution >= 4 is 17.5 Å². The van der Waals surface area contributed by atoms with Gasteiger partial charge in [0.25, 0.3) is 0 Å². The molecule has 1 fully saturated rings. The molecule has 0 unspecified atom stereocenters. The van der Waals surface area contributed by atoms with Crippen LogP contribution < -0.4 is 14.4 Å². The molecule has 5 nitrogen and oxygen atoms in total. The summed E-state index contributed by atoms with van der Waals surface area (Å²) in [4.78, 5) is 26.3. The Kier molecular flexibility index (Phi) is 4.51. The molecule has 0 saturated carbocycles. The first kappa shape index (κ1) is 16.1. The molecule has 3 rings (SSSR count). The zero-order chi connectivity index (χ0) is 17.1. The number of methoxy groups -OCH3 is 2. The van der Waals surface area contributed by atoms with E-state index < -0.39 is 0 Å². The normalized spacial score (nSPS) is 17.2. The monoisotopic (exact) mass is 325 g/mol. The van der Waals surface area contributed by atoms with Crippen LogP contribution in [-0.4, -0.2) is 26.0 Å². The zero-order valence-corrected chi connectivity index (χ0v) is 13.7. The Labute approximate surface area is 140 Å². The minimum absolute atomic E-state index is 0.159. The largest absolute Gasteiger partial charge is 0.497 e. The fourth-order valence-corrected chi connectivity index (χ4v) is 2.94. The van der Waals surface area contributed by atoms with Crippen molar-refractivity contribution in [3.05, 3.63) is 54.1 Å². The molecule has 2 amide bonds. The van der Waals surface area contributed by atoms with Crippen molar-refractivity contribution in [2.45, 2.75) is 12.8 Å². The molecule has 0 aliphatic carbocycles. The lowest BCUT2D eigenvalue weighted by atomic mass is 9.98. The molecule has 5 heteroatoms. The highest BCUT2D eigenvalue weighted by Crippen LogP contribution is 2.30. The van der Waals surface area contributed by atoms with E-state index in [1.807, 2.05) is 24.3 Å². The summed E-state index contributed by atoms with van der Waals surface area (Å²) in [7, 11) is 3.18. The number of nitrogens with zero attached hydrogens (tertiary/aromatic N) is 1. The zero-order valence-electron chi connectivity index (χ0n) is 13.7. The highest BCUT2D eigenvalue weighted by molar-refractivity contribution is 6.21. The SMILES string of the molecule is COc1ccc(N2C(=O)C[C@H](Cc3cccc(OC)c3)C2=O)cc1. The summed E-state index contributed by atoms with van der Waals surface area (Å²) in [6.45, 7) is 0. The van der Waals surface area contributed by atoms with Crippen molar-refractivity contribution in [2.75, 3.05) is 19.1 Å². The van der Waals surface area contributed by atoms with Gasteiger partial charge < -0.3 is 9.47 Å². The van der Waals surface area contributed by atoms with Crippen LogP contribution >= 0.6 is 0 Å². The fraction of sp³-hybridized carbons (Fsp3) is 0.263. The van der Waals surface area contributed by atoms with Crippen LogP contribution in [0.5, 0.6) is 11.5 Å². The average molecular weight is 325 g/mol. The van der Waals surface area contributed by atoms with Gasteiger partial charge in [-0.25, -0.2) is 0 Å². The second kappa shape index (κ2) is 6.74. The van der Waals surface area contributed by atoms with Crippen molar-refractivity contribution in [3.63, 3.8) is 0 Å². The lowest BCUT2D eigenvalue weighted by molar-refractivity contribution is -0.122. The summed E-state index contributed by atoms with van der Waals surface area (Å²) in [6, 6.07) is 14.5. The Morgan fingerprint density at radius 1 is 1.00 bits per heavy atom. The van der Waals surface area contributed by atoms with Gasteiger partial charge in [-0.1, -0.05) is 12.1 Å². The molecule has 24 heavy (non-hydrogen) atoms. The molecule has 2 aromatic rings. The van der Waals surface area contributed by atoms with Crippen molar-refractivity contribution in [2.24, 2.45) is 5.92 Å². The van der Waals surface area contributed by atoms with Gasteiger partial charge in [0, 0.05) is 6.42 Å². The molecule has 0 radical (unpaired) electrons. The summed E-state index contributed by atoms with van der Waals surface area (Å²) in [5.41, 5.74) is 1.57. The number of amides is 2. The Balaban J connectivity index is 1.77. The maximum atomic E-state index is 12.7. The predicted octanol–water partition coefficient (Wildman–Crippen LogP) is 2.83. The van der Waals surface area contributed by atoms with Gasteiger partial charge in [-0.2, -0.15) is 0 Å². The van der Waals surface area contributed by atoms with Crippen LogP contribution in [0, 0.1) is 5.92 Å². The van der Waals surface area contributed by atoms with Gasteiger partial charge in [0.2, 0.25) is 11.8 Å². The molecule has 124 valence electrons. The number of imide groups is 1. The molecule has 0 spiro atoms. The van der Waals surface area contributed by atoms with Gasteiger partial charge in [0.15, 0.2) is 0 Å². The Hall–Kier alpha value is -2.82.